The van der Waals surface area contributed by atoms with Crippen molar-refractivity contribution >= 4 is 28.4 Å². The molecule has 10 heteroatoms. The summed E-state index contributed by atoms with van der Waals surface area (Å²) in [5.41, 5.74) is 2.62. The molecule has 1 aromatic carbocycles. The Balaban J connectivity index is 1.50. The highest BCUT2D eigenvalue weighted by atomic mass is 19.1. The third kappa shape index (κ3) is 4.28. The lowest BCUT2D eigenvalue weighted by atomic mass is 9.98. The van der Waals surface area contributed by atoms with Gasteiger partial charge in [-0.1, -0.05) is 6.92 Å². The van der Waals surface area contributed by atoms with Gasteiger partial charge in [0.05, 0.1) is 25.0 Å². The summed E-state index contributed by atoms with van der Waals surface area (Å²) in [5.74, 6) is 0.548. The summed E-state index contributed by atoms with van der Waals surface area (Å²) in [6.45, 7) is 4.47. The summed E-state index contributed by atoms with van der Waals surface area (Å²) in [4.78, 5) is 20.0. The molecule has 35 heavy (non-hydrogen) atoms. The molecule has 1 aliphatic rings. The van der Waals surface area contributed by atoms with Crippen LogP contribution in [0.3, 0.4) is 0 Å². The summed E-state index contributed by atoms with van der Waals surface area (Å²) < 4.78 is 17.2. The Morgan fingerprint density at radius 1 is 1.23 bits per heavy atom. The van der Waals surface area contributed by atoms with E-state index in [-0.39, 0.29) is 29.8 Å². The van der Waals surface area contributed by atoms with Crippen LogP contribution in [-0.4, -0.2) is 48.7 Å². The highest BCUT2D eigenvalue weighted by Gasteiger charge is 2.48. The molecule has 0 aliphatic heterocycles. The van der Waals surface area contributed by atoms with Gasteiger partial charge in [0, 0.05) is 53.3 Å². The zero-order valence-corrected chi connectivity index (χ0v) is 19.2. The molecule has 1 amide bonds. The first-order valence-corrected chi connectivity index (χ1v) is 11.3. The lowest BCUT2D eigenvalue weighted by Gasteiger charge is -2.15. The number of aryl methyl sites for hydroxylation is 1. The molecule has 5 rings (SSSR count). The number of anilines is 2. The SMILES string of the molecule is Cc1ccncc1-c1cc2cc(NC3C(C)C3c3cnn(CCO)c3)ncc2c(NC(=O)O)c1F. The predicted octanol–water partition coefficient (Wildman–Crippen LogP) is 4.24. The molecule has 1 saturated carbocycles. The first-order valence-electron chi connectivity index (χ1n) is 11.3. The number of benzene rings is 1. The minimum atomic E-state index is -1.36. The molecule has 0 spiro atoms. The van der Waals surface area contributed by atoms with Crippen molar-refractivity contribution in [2.75, 3.05) is 17.2 Å². The number of aromatic nitrogens is 4. The summed E-state index contributed by atoms with van der Waals surface area (Å²) >= 11 is 0. The molecule has 1 fully saturated rings. The van der Waals surface area contributed by atoms with Crippen molar-refractivity contribution in [3.63, 3.8) is 0 Å². The van der Waals surface area contributed by atoms with E-state index in [2.05, 4.69) is 32.6 Å². The average molecular weight is 477 g/mol. The highest BCUT2D eigenvalue weighted by Crippen LogP contribution is 2.49. The molecular weight excluding hydrogens is 451 g/mol. The van der Waals surface area contributed by atoms with Crippen molar-refractivity contribution in [1.29, 1.82) is 0 Å². The van der Waals surface area contributed by atoms with Crippen molar-refractivity contribution in [2.24, 2.45) is 5.92 Å². The van der Waals surface area contributed by atoms with E-state index in [1.807, 2.05) is 19.3 Å². The maximum absolute atomic E-state index is 15.5. The maximum atomic E-state index is 15.5. The molecule has 3 heterocycles. The Hall–Kier alpha value is -4.05. The molecule has 4 N–H and O–H groups in total. The van der Waals surface area contributed by atoms with Crippen LogP contribution in [-0.2, 0) is 6.54 Å². The number of halogens is 1. The fourth-order valence-electron chi connectivity index (χ4n) is 4.66. The Labute approximate surface area is 200 Å². The molecule has 3 atom stereocenters. The van der Waals surface area contributed by atoms with Gasteiger partial charge in [0.1, 0.15) is 5.82 Å². The quantitative estimate of drug-likeness (QED) is 0.314. The standard InChI is InChI=1S/C25H25FN6O3/c1-13-3-4-27-10-18(13)17-7-15-8-20(28-11-19(15)24(22(17)26)31-25(34)35)30-23-14(2)21(23)16-9-29-32(12-16)5-6-33/h3-4,7-12,14,21,23,31,33H,5-6H2,1-2H3,(H,28,30)(H,34,35). The molecule has 3 unspecified atom stereocenters. The van der Waals surface area contributed by atoms with Crippen LogP contribution in [0.25, 0.3) is 21.9 Å². The van der Waals surface area contributed by atoms with Gasteiger partial charge in [-0.15, -0.1) is 0 Å². The highest BCUT2D eigenvalue weighted by molar-refractivity contribution is 6.03. The fourth-order valence-corrected chi connectivity index (χ4v) is 4.66. The topological polar surface area (TPSA) is 125 Å². The van der Waals surface area contributed by atoms with Crippen LogP contribution in [0.4, 0.5) is 20.7 Å². The van der Waals surface area contributed by atoms with Gasteiger partial charge in [-0.2, -0.15) is 5.10 Å². The number of hydrogen-bond acceptors (Lipinski definition) is 6. The molecule has 180 valence electrons. The van der Waals surface area contributed by atoms with Crippen molar-refractivity contribution in [2.45, 2.75) is 32.4 Å². The van der Waals surface area contributed by atoms with Gasteiger partial charge >= 0.3 is 6.09 Å². The number of fused-ring (bicyclic) bond motifs is 1. The number of amides is 1. The number of aliphatic hydroxyl groups is 1. The van der Waals surface area contributed by atoms with Crippen LogP contribution in [0.5, 0.6) is 0 Å². The van der Waals surface area contributed by atoms with Crippen LogP contribution < -0.4 is 10.6 Å². The summed E-state index contributed by atoms with van der Waals surface area (Å²) in [5, 5.41) is 29.4. The molecule has 3 aromatic heterocycles. The molecule has 4 aromatic rings. The largest absolute Gasteiger partial charge is 0.465 e. The van der Waals surface area contributed by atoms with E-state index in [1.54, 1.807) is 35.3 Å². The van der Waals surface area contributed by atoms with E-state index in [9.17, 15) is 9.90 Å². The maximum Gasteiger partial charge on any atom is 0.409 e. The van der Waals surface area contributed by atoms with E-state index in [1.165, 1.54) is 6.20 Å². The number of aliphatic hydroxyl groups excluding tert-OH is 1. The zero-order valence-electron chi connectivity index (χ0n) is 19.2. The minimum Gasteiger partial charge on any atom is -0.465 e. The number of carbonyl (C=O) groups is 1. The lowest BCUT2D eigenvalue weighted by molar-refractivity contribution is 0.209. The molecule has 9 nitrogen and oxygen atoms in total. The number of rotatable bonds is 7. The number of nitrogens with one attached hydrogen (secondary N) is 2. The number of hydrogen-bond donors (Lipinski definition) is 4. The van der Waals surface area contributed by atoms with E-state index >= 15 is 4.39 Å². The van der Waals surface area contributed by atoms with E-state index in [0.717, 1.165) is 11.1 Å². The second-order valence-electron chi connectivity index (χ2n) is 8.84. The second kappa shape index (κ2) is 8.95. The predicted molar refractivity (Wildman–Crippen MR) is 130 cm³/mol. The number of carboxylic acid groups (broad SMARTS) is 1. The average Bonchev–Trinajstić information content (AvgIpc) is 3.22. The summed E-state index contributed by atoms with van der Waals surface area (Å²) in [6.07, 6.45) is 7.08. The van der Waals surface area contributed by atoms with Crippen LogP contribution >= 0.6 is 0 Å². The molecule has 0 radical (unpaired) electrons. The Morgan fingerprint density at radius 3 is 2.80 bits per heavy atom. The van der Waals surface area contributed by atoms with E-state index in [4.69, 9.17) is 5.11 Å². The fraction of sp³-hybridized carbons (Fsp3) is 0.280. The Kier molecular flexibility index (Phi) is 5.81. The summed E-state index contributed by atoms with van der Waals surface area (Å²) in [6, 6.07) is 5.42. The van der Waals surface area contributed by atoms with E-state index in [0.29, 0.717) is 34.6 Å². The van der Waals surface area contributed by atoms with Crippen LogP contribution in [0.15, 0.2) is 49.2 Å². The van der Waals surface area contributed by atoms with Crippen molar-refractivity contribution in [1.82, 2.24) is 19.7 Å². The smallest absolute Gasteiger partial charge is 0.409 e. The first kappa shape index (κ1) is 22.7. The van der Waals surface area contributed by atoms with Gasteiger partial charge < -0.3 is 15.5 Å². The van der Waals surface area contributed by atoms with Gasteiger partial charge in [0.2, 0.25) is 0 Å². The number of pyridine rings is 2. The molecule has 0 bridgehead atoms. The molecule has 0 saturated heterocycles. The van der Waals surface area contributed by atoms with Gasteiger partial charge in [-0.05, 0) is 47.6 Å². The Bertz CT molecular complexity index is 1420. The normalized spacial score (nSPS) is 19.0. The summed E-state index contributed by atoms with van der Waals surface area (Å²) in [7, 11) is 0. The van der Waals surface area contributed by atoms with Gasteiger partial charge in [0.25, 0.3) is 0 Å². The second-order valence-corrected chi connectivity index (χ2v) is 8.84. The van der Waals surface area contributed by atoms with Gasteiger partial charge in [-0.25, -0.2) is 14.2 Å². The molecule has 1 aliphatic carbocycles. The zero-order chi connectivity index (χ0) is 24.7. The Morgan fingerprint density at radius 2 is 2.06 bits per heavy atom. The van der Waals surface area contributed by atoms with Crippen LogP contribution in [0.2, 0.25) is 0 Å². The van der Waals surface area contributed by atoms with Crippen LogP contribution in [0, 0.1) is 18.7 Å². The first-order chi connectivity index (χ1) is 16.9. The number of nitrogens with zero attached hydrogens (tertiary/aromatic N) is 4. The lowest BCUT2D eigenvalue weighted by Crippen LogP contribution is -2.11. The van der Waals surface area contributed by atoms with Crippen molar-refractivity contribution in [3.05, 3.63) is 66.1 Å². The minimum absolute atomic E-state index is 0.0316. The van der Waals surface area contributed by atoms with Crippen molar-refractivity contribution < 1.29 is 19.4 Å². The van der Waals surface area contributed by atoms with Gasteiger partial charge in [-0.3, -0.25) is 15.0 Å². The third-order valence-corrected chi connectivity index (χ3v) is 6.58. The van der Waals surface area contributed by atoms with Crippen LogP contribution in [0.1, 0.15) is 24.0 Å². The van der Waals surface area contributed by atoms with E-state index < -0.39 is 11.9 Å². The molecular formula is C25H25FN6O3. The monoisotopic (exact) mass is 476 g/mol. The van der Waals surface area contributed by atoms with Gasteiger partial charge in [0.15, 0.2) is 5.82 Å². The third-order valence-electron chi connectivity index (χ3n) is 6.58. The van der Waals surface area contributed by atoms with Crippen molar-refractivity contribution in [3.8, 4) is 11.1 Å².